The molecule has 2 aliphatic rings. The molecule has 0 bridgehead atoms. The molecule has 0 radical (unpaired) electrons. The molecule has 0 amide bonds. The van der Waals surface area contributed by atoms with Crippen LogP contribution in [0.15, 0.2) is 29.3 Å². The molecule has 2 fully saturated rings. The zero-order chi connectivity index (χ0) is 18.9. The Balaban J connectivity index is 1.67. The summed E-state index contributed by atoms with van der Waals surface area (Å²) in [5.74, 6) is 3.16. The van der Waals surface area contributed by atoms with Crippen molar-refractivity contribution in [3.8, 4) is 5.75 Å². The number of thioether (sulfide) groups is 1. The van der Waals surface area contributed by atoms with Crippen LogP contribution in [-0.4, -0.2) is 61.7 Å². The second-order valence-electron chi connectivity index (χ2n) is 7.27. The van der Waals surface area contributed by atoms with E-state index in [9.17, 15) is 0 Å². The first-order chi connectivity index (χ1) is 13.3. The number of rotatable bonds is 8. The quantitative estimate of drug-likeness (QED) is 0.527. The standard InChI is InChI=1S/C21H34N4OS/c1-3-22-21(23-15-19-7-6-14-27-19)24-16-20(25-12-4-5-13-25)17-8-10-18(26-2)11-9-17/h8-11,19-20H,3-7,12-16H2,1-2H3,(H2,22,23,24). The molecule has 1 aromatic carbocycles. The number of benzene rings is 1. The number of hydrogen-bond donors (Lipinski definition) is 2. The van der Waals surface area contributed by atoms with Gasteiger partial charge in [-0.05, 0) is 69.1 Å². The molecule has 5 nitrogen and oxygen atoms in total. The molecule has 0 spiro atoms. The number of likely N-dealkylation sites (tertiary alicyclic amines) is 1. The zero-order valence-corrected chi connectivity index (χ0v) is 17.6. The average Bonchev–Trinajstić information content (AvgIpc) is 3.41. The van der Waals surface area contributed by atoms with E-state index >= 15 is 0 Å². The Kier molecular flexibility index (Phi) is 8.14. The van der Waals surface area contributed by atoms with Crippen molar-refractivity contribution in [3.63, 3.8) is 0 Å². The van der Waals surface area contributed by atoms with Gasteiger partial charge in [-0.15, -0.1) is 0 Å². The molecule has 1 aromatic rings. The molecule has 6 heteroatoms. The summed E-state index contributed by atoms with van der Waals surface area (Å²) >= 11 is 2.08. The van der Waals surface area contributed by atoms with E-state index in [0.717, 1.165) is 49.7 Å². The van der Waals surface area contributed by atoms with Gasteiger partial charge in [0.1, 0.15) is 5.75 Å². The van der Waals surface area contributed by atoms with Gasteiger partial charge in [0.25, 0.3) is 0 Å². The summed E-state index contributed by atoms with van der Waals surface area (Å²) in [4.78, 5) is 7.52. The molecule has 2 aliphatic heterocycles. The molecular formula is C21H34N4OS. The van der Waals surface area contributed by atoms with Gasteiger partial charge in [-0.1, -0.05) is 12.1 Å². The van der Waals surface area contributed by atoms with Crippen LogP contribution in [0.1, 0.15) is 44.2 Å². The predicted molar refractivity (Wildman–Crippen MR) is 116 cm³/mol. The van der Waals surface area contributed by atoms with Gasteiger partial charge in [0.05, 0.1) is 19.7 Å². The van der Waals surface area contributed by atoms with Crippen LogP contribution in [0.2, 0.25) is 0 Å². The third kappa shape index (κ3) is 6.04. The van der Waals surface area contributed by atoms with Crippen molar-refractivity contribution < 1.29 is 4.74 Å². The minimum Gasteiger partial charge on any atom is -0.497 e. The lowest BCUT2D eigenvalue weighted by Crippen LogP contribution is -2.41. The Bertz CT molecular complexity index is 580. The van der Waals surface area contributed by atoms with Gasteiger partial charge in [0, 0.05) is 18.3 Å². The van der Waals surface area contributed by atoms with Crippen LogP contribution in [0, 0.1) is 0 Å². The Morgan fingerprint density at radius 1 is 1.22 bits per heavy atom. The van der Waals surface area contributed by atoms with Gasteiger partial charge in [-0.2, -0.15) is 11.8 Å². The fourth-order valence-corrected chi connectivity index (χ4v) is 5.05. The van der Waals surface area contributed by atoms with Crippen LogP contribution >= 0.6 is 11.8 Å². The van der Waals surface area contributed by atoms with Crippen molar-refractivity contribution >= 4 is 17.7 Å². The summed E-state index contributed by atoms with van der Waals surface area (Å²) in [5.41, 5.74) is 1.32. The highest BCUT2D eigenvalue weighted by Crippen LogP contribution is 2.27. The highest BCUT2D eigenvalue weighted by Gasteiger charge is 2.23. The lowest BCUT2D eigenvalue weighted by Gasteiger charge is -2.27. The van der Waals surface area contributed by atoms with Crippen molar-refractivity contribution in [3.05, 3.63) is 29.8 Å². The maximum atomic E-state index is 5.32. The van der Waals surface area contributed by atoms with Gasteiger partial charge in [0.2, 0.25) is 0 Å². The largest absolute Gasteiger partial charge is 0.497 e. The highest BCUT2D eigenvalue weighted by atomic mass is 32.2. The van der Waals surface area contributed by atoms with Gasteiger partial charge in [0.15, 0.2) is 5.96 Å². The van der Waals surface area contributed by atoms with Gasteiger partial charge >= 0.3 is 0 Å². The first-order valence-electron chi connectivity index (χ1n) is 10.3. The molecule has 2 saturated heterocycles. The van der Waals surface area contributed by atoms with E-state index in [-0.39, 0.29) is 0 Å². The summed E-state index contributed by atoms with van der Waals surface area (Å²) in [6.07, 6.45) is 5.24. The van der Waals surface area contributed by atoms with E-state index in [1.807, 2.05) is 0 Å². The molecule has 3 rings (SSSR count). The molecular weight excluding hydrogens is 356 g/mol. The van der Waals surface area contributed by atoms with Crippen molar-refractivity contribution in [2.24, 2.45) is 4.99 Å². The third-order valence-corrected chi connectivity index (χ3v) is 6.77. The second kappa shape index (κ2) is 10.8. The van der Waals surface area contributed by atoms with Crippen LogP contribution < -0.4 is 15.4 Å². The Morgan fingerprint density at radius 3 is 2.63 bits per heavy atom. The number of methoxy groups -OCH3 is 1. The van der Waals surface area contributed by atoms with E-state index in [1.54, 1.807) is 7.11 Å². The van der Waals surface area contributed by atoms with E-state index in [0.29, 0.717) is 6.04 Å². The van der Waals surface area contributed by atoms with Gasteiger partial charge in [-0.25, -0.2) is 0 Å². The maximum absolute atomic E-state index is 5.32. The summed E-state index contributed by atoms with van der Waals surface area (Å²) in [6, 6.07) is 8.82. The highest BCUT2D eigenvalue weighted by molar-refractivity contribution is 8.00. The SMILES string of the molecule is CCNC(=NCC(c1ccc(OC)cc1)N1CCCC1)NCC1CCCS1. The summed E-state index contributed by atoms with van der Waals surface area (Å²) in [7, 11) is 1.72. The van der Waals surface area contributed by atoms with Crippen LogP contribution in [0.25, 0.3) is 0 Å². The number of nitrogens with zero attached hydrogens (tertiary/aromatic N) is 2. The summed E-state index contributed by atoms with van der Waals surface area (Å²) < 4.78 is 5.32. The van der Waals surface area contributed by atoms with Gasteiger partial charge in [-0.3, -0.25) is 9.89 Å². The number of ether oxygens (including phenoxy) is 1. The molecule has 0 aliphatic carbocycles. The molecule has 2 heterocycles. The predicted octanol–water partition coefficient (Wildman–Crippen LogP) is 3.28. The van der Waals surface area contributed by atoms with E-state index < -0.39 is 0 Å². The normalized spacial score (nSPS) is 22.0. The number of guanidine groups is 1. The molecule has 0 saturated carbocycles. The summed E-state index contributed by atoms with van der Waals surface area (Å²) in [6.45, 7) is 7.13. The van der Waals surface area contributed by atoms with Crippen molar-refractivity contribution in [2.75, 3.05) is 45.6 Å². The molecule has 2 atom stereocenters. The molecule has 0 aromatic heterocycles. The number of hydrogen-bond acceptors (Lipinski definition) is 4. The second-order valence-corrected chi connectivity index (χ2v) is 8.68. The number of nitrogens with one attached hydrogen (secondary N) is 2. The van der Waals surface area contributed by atoms with E-state index in [1.165, 1.54) is 37.0 Å². The van der Waals surface area contributed by atoms with Crippen LogP contribution in [0.5, 0.6) is 5.75 Å². The Morgan fingerprint density at radius 2 is 2.00 bits per heavy atom. The van der Waals surface area contributed by atoms with Crippen molar-refractivity contribution in [1.29, 1.82) is 0 Å². The van der Waals surface area contributed by atoms with Crippen molar-refractivity contribution in [2.45, 2.75) is 43.9 Å². The Labute approximate surface area is 168 Å². The molecule has 150 valence electrons. The zero-order valence-electron chi connectivity index (χ0n) is 16.7. The lowest BCUT2D eigenvalue weighted by molar-refractivity contribution is 0.251. The third-order valence-electron chi connectivity index (χ3n) is 5.37. The van der Waals surface area contributed by atoms with Crippen LogP contribution in [-0.2, 0) is 0 Å². The lowest BCUT2D eigenvalue weighted by atomic mass is 10.1. The topological polar surface area (TPSA) is 48.9 Å². The smallest absolute Gasteiger partial charge is 0.191 e. The van der Waals surface area contributed by atoms with Gasteiger partial charge < -0.3 is 15.4 Å². The van der Waals surface area contributed by atoms with E-state index in [2.05, 4.69) is 58.5 Å². The molecule has 2 unspecified atom stereocenters. The monoisotopic (exact) mass is 390 g/mol. The maximum Gasteiger partial charge on any atom is 0.191 e. The van der Waals surface area contributed by atoms with Crippen molar-refractivity contribution in [1.82, 2.24) is 15.5 Å². The first-order valence-corrected chi connectivity index (χ1v) is 11.4. The number of aliphatic imine (C=N–C) groups is 1. The fourth-order valence-electron chi connectivity index (χ4n) is 3.85. The minimum absolute atomic E-state index is 0.328. The molecule has 27 heavy (non-hydrogen) atoms. The van der Waals surface area contributed by atoms with E-state index in [4.69, 9.17) is 9.73 Å². The average molecular weight is 391 g/mol. The first kappa shape index (κ1) is 20.3. The fraction of sp³-hybridized carbons (Fsp3) is 0.667. The molecule has 2 N–H and O–H groups in total. The Hall–Kier alpha value is -1.40. The summed E-state index contributed by atoms with van der Waals surface area (Å²) in [5, 5.41) is 7.70. The minimum atomic E-state index is 0.328. The van der Waals surface area contributed by atoms with Crippen LogP contribution in [0.4, 0.5) is 0 Å². The van der Waals surface area contributed by atoms with Crippen LogP contribution in [0.3, 0.4) is 0 Å².